The van der Waals surface area contributed by atoms with E-state index in [1.807, 2.05) is 40.9 Å². The van der Waals surface area contributed by atoms with Crippen molar-refractivity contribution in [1.29, 1.82) is 0 Å². The Morgan fingerprint density at radius 2 is 2.14 bits per heavy atom. The predicted octanol–water partition coefficient (Wildman–Crippen LogP) is 2.36. The van der Waals surface area contributed by atoms with Crippen LogP contribution in [0.5, 0.6) is 5.75 Å². The van der Waals surface area contributed by atoms with Crippen molar-refractivity contribution in [2.75, 3.05) is 38.4 Å². The fourth-order valence-electron chi connectivity index (χ4n) is 2.25. The van der Waals surface area contributed by atoms with Crippen LogP contribution in [-0.4, -0.2) is 55.3 Å². The van der Waals surface area contributed by atoms with E-state index in [9.17, 15) is 4.79 Å². The zero-order chi connectivity index (χ0) is 15.8. The van der Waals surface area contributed by atoms with Gasteiger partial charge in [0.05, 0.1) is 6.61 Å². The molecule has 22 heavy (non-hydrogen) atoms. The molecule has 5 nitrogen and oxygen atoms in total. The second-order valence-electron chi connectivity index (χ2n) is 5.26. The lowest BCUT2D eigenvalue weighted by atomic mass is 10.2. The van der Waals surface area contributed by atoms with Gasteiger partial charge in [-0.05, 0) is 24.6 Å². The number of rotatable bonds is 6. The van der Waals surface area contributed by atoms with Crippen molar-refractivity contribution >= 4 is 17.8 Å². The van der Waals surface area contributed by atoms with Gasteiger partial charge in [-0.3, -0.25) is 0 Å². The molecule has 1 atom stereocenters. The van der Waals surface area contributed by atoms with Gasteiger partial charge >= 0.3 is 6.03 Å². The molecule has 1 aromatic rings. The number of thioether (sulfide) groups is 1. The molecule has 2 rings (SSSR count). The molecule has 0 aliphatic carbocycles. The van der Waals surface area contributed by atoms with E-state index in [0.717, 1.165) is 29.4 Å². The molecule has 0 aromatic heterocycles. The monoisotopic (exact) mass is 324 g/mol. The topological polar surface area (TPSA) is 50.8 Å². The SMILES string of the molecule is COCCOc1ccc(CNC(=O)N2CCSC[C@@H]2C)cc1. The second kappa shape index (κ2) is 8.90. The molecule has 6 heteroatoms. The minimum Gasteiger partial charge on any atom is -0.491 e. The van der Waals surface area contributed by atoms with Gasteiger partial charge in [-0.1, -0.05) is 12.1 Å². The Balaban J connectivity index is 1.77. The summed E-state index contributed by atoms with van der Waals surface area (Å²) in [6, 6.07) is 8.09. The van der Waals surface area contributed by atoms with Gasteiger partial charge < -0.3 is 19.7 Å². The van der Waals surface area contributed by atoms with Crippen LogP contribution >= 0.6 is 11.8 Å². The summed E-state index contributed by atoms with van der Waals surface area (Å²) in [6.07, 6.45) is 0. The van der Waals surface area contributed by atoms with Crippen LogP contribution in [0, 0.1) is 0 Å². The Bertz CT molecular complexity index is 467. The van der Waals surface area contributed by atoms with E-state index in [2.05, 4.69) is 12.2 Å². The molecular weight excluding hydrogens is 300 g/mol. The number of nitrogens with zero attached hydrogens (tertiary/aromatic N) is 1. The Hall–Kier alpha value is -1.40. The van der Waals surface area contributed by atoms with Gasteiger partial charge in [-0.25, -0.2) is 4.79 Å². The maximum atomic E-state index is 12.2. The first kappa shape index (κ1) is 17.0. The standard InChI is InChI=1S/C16H24N2O3S/c1-13-12-22-10-7-18(13)16(19)17-11-14-3-5-15(6-4-14)21-9-8-20-2/h3-6,13H,7-12H2,1-2H3,(H,17,19)/t13-/m0/s1. The first-order valence-corrected chi connectivity index (χ1v) is 8.69. The molecule has 1 fully saturated rings. The summed E-state index contributed by atoms with van der Waals surface area (Å²) >= 11 is 1.90. The smallest absolute Gasteiger partial charge is 0.317 e. The molecule has 122 valence electrons. The van der Waals surface area contributed by atoms with Crippen molar-refractivity contribution in [3.63, 3.8) is 0 Å². The van der Waals surface area contributed by atoms with E-state index in [1.54, 1.807) is 7.11 Å². The minimum atomic E-state index is 0.0215. The zero-order valence-electron chi connectivity index (χ0n) is 13.2. The first-order valence-electron chi connectivity index (χ1n) is 7.53. The molecule has 0 saturated carbocycles. The third kappa shape index (κ3) is 5.10. The highest BCUT2D eigenvalue weighted by molar-refractivity contribution is 7.99. The minimum absolute atomic E-state index is 0.0215. The predicted molar refractivity (Wildman–Crippen MR) is 89.5 cm³/mol. The number of methoxy groups -OCH3 is 1. The number of carbonyl (C=O) groups excluding carboxylic acids is 1. The zero-order valence-corrected chi connectivity index (χ0v) is 14.0. The average Bonchev–Trinajstić information content (AvgIpc) is 2.54. The van der Waals surface area contributed by atoms with Gasteiger partial charge in [0.2, 0.25) is 0 Å². The molecule has 0 unspecified atom stereocenters. The second-order valence-corrected chi connectivity index (χ2v) is 6.41. The van der Waals surface area contributed by atoms with Crippen LogP contribution in [0.25, 0.3) is 0 Å². The third-order valence-electron chi connectivity index (χ3n) is 3.55. The Kier molecular flexibility index (Phi) is 6.86. The Labute approximate surface area is 136 Å². The van der Waals surface area contributed by atoms with Gasteiger partial charge in [0.1, 0.15) is 12.4 Å². The normalized spacial score (nSPS) is 18.1. The van der Waals surface area contributed by atoms with Gasteiger partial charge in [-0.2, -0.15) is 11.8 Å². The van der Waals surface area contributed by atoms with E-state index in [4.69, 9.17) is 9.47 Å². The summed E-state index contributed by atoms with van der Waals surface area (Å²) in [5.74, 6) is 2.85. The number of amides is 2. The summed E-state index contributed by atoms with van der Waals surface area (Å²) in [7, 11) is 1.65. The van der Waals surface area contributed by atoms with Crippen molar-refractivity contribution in [2.24, 2.45) is 0 Å². The van der Waals surface area contributed by atoms with E-state index in [-0.39, 0.29) is 6.03 Å². The average molecular weight is 324 g/mol. The van der Waals surface area contributed by atoms with Crippen LogP contribution in [0.15, 0.2) is 24.3 Å². The molecule has 1 aliphatic heterocycles. The molecular formula is C16H24N2O3S. The van der Waals surface area contributed by atoms with Crippen molar-refractivity contribution in [3.8, 4) is 5.75 Å². The molecule has 0 spiro atoms. The highest BCUT2D eigenvalue weighted by Gasteiger charge is 2.22. The summed E-state index contributed by atoms with van der Waals surface area (Å²) in [5.41, 5.74) is 1.06. The van der Waals surface area contributed by atoms with E-state index in [0.29, 0.717) is 25.8 Å². The first-order chi connectivity index (χ1) is 10.7. The van der Waals surface area contributed by atoms with Gasteiger partial charge in [0, 0.05) is 37.7 Å². The summed E-state index contributed by atoms with van der Waals surface area (Å²) in [5, 5.41) is 2.99. The number of hydrogen-bond acceptors (Lipinski definition) is 4. The molecule has 0 radical (unpaired) electrons. The van der Waals surface area contributed by atoms with Gasteiger partial charge in [0.25, 0.3) is 0 Å². The highest BCUT2D eigenvalue weighted by atomic mass is 32.2. The number of carbonyl (C=O) groups is 1. The van der Waals surface area contributed by atoms with Gasteiger partial charge in [0.15, 0.2) is 0 Å². The number of hydrogen-bond donors (Lipinski definition) is 1. The molecule has 1 aliphatic rings. The molecule has 0 bridgehead atoms. The number of ether oxygens (including phenoxy) is 2. The van der Waals surface area contributed by atoms with E-state index >= 15 is 0 Å². The highest BCUT2D eigenvalue weighted by Crippen LogP contribution is 2.16. The molecule has 2 amide bonds. The maximum absolute atomic E-state index is 12.2. The van der Waals surface area contributed by atoms with Crippen LogP contribution < -0.4 is 10.1 Å². The number of urea groups is 1. The fraction of sp³-hybridized carbons (Fsp3) is 0.562. The third-order valence-corrected chi connectivity index (χ3v) is 4.74. The number of benzene rings is 1. The molecule has 1 heterocycles. The van der Waals surface area contributed by atoms with Crippen molar-refractivity contribution < 1.29 is 14.3 Å². The van der Waals surface area contributed by atoms with Crippen molar-refractivity contribution in [3.05, 3.63) is 29.8 Å². The summed E-state index contributed by atoms with van der Waals surface area (Å²) in [6.45, 7) is 4.57. The fourth-order valence-corrected chi connectivity index (χ4v) is 3.27. The van der Waals surface area contributed by atoms with Crippen LogP contribution in [0.1, 0.15) is 12.5 Å². The Morgan fingerprint density at radius 1 is 1.36 bits per heavy atom. The summed E-state index contributed by atoms with van der Waals surface area (Å²) in [4.78, 5) is 14.1. The lowest BCUT2D eigenvalue weighted by Crippen LogP contribution is -2.49. The largest absolute Gasteiger partial charge is 0.491 e. The lowest BCUT2D eigenvalue weighted by Gasteiger charge is -2.33. The van der Waals surface area contributed by atoms with Crippen molar-refractivity contribution in [1.82, 2.24) is 10.2 Å². The summed E-state index contributed by atoms with van der Waals surface area (Å²) < 4.78 is 10.5. The molecule has 1 aromatic carbocycles. The van der Waals surface area contributed by atoms with Crippen molar-refractivity contribution in [2.45, 2.75) is 19.5 Å². The van der Waals surface area contributed by atoms with Crippen LogP contribution in [0.3, 0.4) is 0 Å². The van der Waals surface area contributed by atoms with Crippen LogP contribution in [-0.2, 0) is 11.3 Å². The number of nitrogens with one attached hydrogen (secondary N) is 1. The van der Waals surface area contributed by atoms with E-state index in [1.165, 1.54) is 0 Å². The molecule has 1 N–H and O–H groups in total. The lowest BCUT2D eigenvalue weighted by molar-refractivity contribution is 0.146. The van der Waals surface area contributed by atoms with Gasteiger partial charge in [-0.15, -0.1) is 0 Å². The maximum Gasteiger partial charge on any atom is 0.317 e. The van der Waals surface area contributed by atoms with E-state index < -0.39 is 0 Å². The van der Waals surface area contributed by atoms with Crippen LogP contribution in [0.2, 0.25) is 0 Å². The quantitative estimate of drug-likeness (QED) is 0.816. The Morgan fingerprint density at radius 3 is 2.82 bits per heavy atom. The molecule has 1 saturated heterocycles. The van der Waals surface area contributed by atoms with Crippen LogP contribution in [0.4, 0.5) is 4.79 Å².